The maximum atomic E-state index is 12.6. The molecular formula is C23H22N4O3. The van der Waals surface area contributed by atoms with Crippen molar-refractivity contribution in [3.63, 3.8) is 0 Å². The molecule has 0 saturated heterocycles. The fourth-order valence-electron chi connectivity index (χ4n) is 3.28. The van der Waals surface area contributed by atoms with Crippen LogP contribution in [-0.2, 0) is 16.0 Å². The van der Waals surface area contributed by atoms with Crippen LogP contribution in [0.25, 0.3) is 17.1 Å². The first-order chi connectivity index (χ1) is 14.5. The number of esters is 1. The number of para-hydroxylation sites is 1. The molecule has 2 aromatic carbocycles. The molecule has 0 aliphatic carbocycles. The van der Waals surface area contributed by atoms with Crippen molar-refractivity contribution in [3.8, 4) is 17.1 Å². The van der Waals surface area contributed by atoms with Crippen LogP contribution in [0, 0.1) is 13.8 Å². The number of carbonyl (C=O) groups excluding carboxylic acids is 1. The number of hydrogen-bond donors (Lipinski definition) is 0. The number of hydrogen-bond acceptors (Lipinski definition) is 6. The van der Waals surface area contributed by atoms with E-state index in [4.69, 9.17) is 9.15 Å². The lowest BCUT2D eigenvalue weighted by molar-refractivity contribution is -0.148. The van der Waals surface area contributed by atoms with Gasteiger partial charge in [0.1, 0.15) is 0 Å². The van der Waals surface area contributed by atoms with Crippen LogP contribution in [0.5, 0.6) is 0 Å². The van der Waals surface area contributed by atoms with Gasteiger partial charge in [-0.2, -0.15) is 5.10 Å². The molecule has 0 aliphatic heterocycles. The summed E-state index contributed by atoms with van der Waals surface area (Å²) in [5.41, 5.74) is 4.32. The lowest BCUT2D eigenvalue weighted by atomic mass is 10.1. The van der Waals surface area contributed by atoms with E-state index in [0.29, 0.717) is 5.89 Å². The third-order valence-electron chi connectivity index (χ3n) is 4.88. The van der Waals surface area contributed by atoms with Crippen molar-refractivity contribution in [1.82, 2.24) is 20.0 Å². The molecule has 7 heteroatoms. The molecule has 0 spiro atoms. The minimum Gasteiger partial charge on any atom is -0.452 e. The van der Waals surface area contributed by atoms with Gasteiger partial charge in [0, 0.05) is 16.8 Å². The van der Waals surface area contributed by atoms with Crippen LogP contribution in [0.15, 0.2) is 65.1 Å². The third-order valence-corrected chi connectivity index (χ3v) is 4.88. The second kappa shape index (κ2) is 8.32. The SMILES string of the molecule is Cc1nn(-c2ccccc2)c(C)c1CC(=O)O[C@H](C)c1nnc(-c2ccccc2)o1. The Balaban J connectivity index is 1.45. The highest BCUT2D eigenvalue weighted by Crippen LogP contribution is 2.23. The predicted molar refractivity (Wildman–Crippen MR) is 111 cm³/mol. The number of rotatable bonds is 6. The second-order valence-corrected chi connectivity index (χ2v) is 7.02. The lowest BCUT2D eigenvalue weighted by Crippen LogP contribution is -2.12. The Morgan fingerprint density at radius 3 is 2.40 bits per heavy atom. The molecule has 0 radical (unpaired) electrons. The molecule has 4 aromatic rings. The average Bonchev–Trinajstić information content (AvgIpc) is 3.36. The van der Waals surface area contributed by atoms with Gasteiger partial charge in [0.05, 0.1) is 17.8 Å². The van der Waals surface area contributed by atoms with Gasteiger partial charge in [0.25, 0.3) is 5.89 Å². The fourth-order valence-corrected chi connectivity index (χ4v) is 3.28. The molecular weight excluding hydrogens is 380 g/mol. The van der Waals surface area contributed by atoms with Gasteiger partial charge in [-0.25, -0.2) is 4.68 Å². The average molecular weight is 402 g/mol. The highest BCUT2D eigenvalue weighted by atomic mass is 16.6. The Kier molecular flexibility index (Phi) is 5.43. The molecule has 0 fully saturated rings. The number of carbonyl (C=O) groups is 1. The maximum absolute atomic E-state index is 12.6. The summed E-state index contributed by atoms with van der Waals surface area (Å²) in [6, 6.07) is 19.3. The van der Waals surface area contributed by atoms with Crippen molar-refractivity contribution in [1.29, 1.82) is 0 Å². The molecule has 7 nitrogen and oxygen atoms in total. The largest absolute Gasteiger partial charge is 0.452 e. The Morgan fingerprint density at radius 1 is 1.03 bits per heavy atom. The van der Waals surface area contributed by atoms with Gasteiger partial charge in [0.2, 0.25) is 5.89 Å². The molecule has 0 bridgehead atoms. The maximum Gasteiger partial charge on any atom is 0.311 e. The Bertz CT molecular complexity index is 1150. The highest BCUT2D eigenvalue weighted by Gasteiger charge is 2.22. The van der Waals surface area contributed by atoms with Gasteiger partial charge in [-0.1, -0.05) is 36.4 Å². The first-order valence-electron chi connectivity index (χ1n) is 9.71. The van der Waals surface area contributed by atoms with Crippen molar-refractivity contribution in [2.24, 2.45) is 0 Å². The Morgan fingerprint density at radius 2 is 1.70 bits per heavy atom. The zero-order valence-electron chi connectivity index (χ0n) is 17.1. The minimum absolute atomic E-state index is 0.120. The van der Waals surface area contributed by atoms with Crippen LogP contribution in [-0.4, -0.2) is 25.9 Å². The van der Waals surface area contributed by atoms with E-state index >= 15 is 0 Å². The molecule has 0 saturated carbocycles. The standard InChI is InChI=1S/C23H22N4O3/c1-15-20(16(2)27(26-15)19-12-8-5-9-13-19)14-21(28)29-17(3)22-24-25-23(30-22)18-10-6-4-7-11-18/h4-13,17H,14H2,1-3H3/t17-/m1/s1. The van der Waals surface area contributed by atoms with Crippen LogP contribution >= 0.6 is 0 Å². The van der Waals surface area contributed by atoms with E-state index in [2.05, 4.69) is 15.3 Å². The van der Waals surface area contributed by atoms with Gasteiger partial charge < -0.3 is 9.15 Å². The molecule has 2 aromatic heterocycles. The number of aromatic nitrogens is 4. The fraction of sp³-hybridized carbons (Fsp3) is 0.217. The number of ether oxygens (including phenoxy) is 1. The van der Waals surface area contributed by atoms with E-state index in [1.165, 1.54) is 0 Å². The summed E-state index contributed by atoms with van der Waals surface area (Å²) >= 11 is 0. The van der Waals surface area contributed by atoms with Crippen molar-refractivity contribution < 1.29 is 13.9 Å². The van der Waals surface area contributed by atoms with Crippen molar-refractivity contribution in [2.75, 3.05) is 0 Å². The zero-order valence-corrected chi connectivity index (χ0v) is 17.1. The van der Waals surface area contributed by atoms with Crippen molar-refractivity contribution >= 4 is 5.97 Å². The Labute approximate surface area is 174 Å². The van der Waals surface area contributed by atoms with E-state index in [1.807, 2.05) is 79.2 Å². The van der Waals surface area contributed by atoms with E-state index in [1.54, 1.807) is 6.92 Å². The number of benzene rings is 2. The molecule has 0 N–H and O–H groups in total. The molecule has 152 valence electrons. The molecule has 4 rings (SSSR count). The van der Waals surface area contributed by atoms with Crippen LogP contribution in [0.2, 0.25) is 0 Å². The van der Waals surface area contributed by atoms with E-state index in [9.17, 15) is 4.79 Å². The van der Waals surface area contributed by atoms with Gasteiger partial charge in [-0.05, 0) is 45.0 Å². The monoisotopic (exact) mass is 402 g/mol. The topological polar surface area (TPSA) is 83.0 Å². The van der Waals surface area contributed by atoms with Crippen molar-refractivity contribution in [2.45, 2.75) is 33.3 Å². The van der Waals surface area contributed by atoms with Gasteiger partial charge in [-0.3, -0.25) is 4.79 Å². The number of nitrogens with zero attached hydrogens (tertiary/aromatic N) is 4. The summed E-state index contributed by atoms with van der Waals surface area (Å²) in [4.78, 5) is 12.6. The third kappa shape index (κ3) is 4.00. The van der Waals surface area contributed by atoms with Gasteiger partial charge in [-0.15, -0.1) is 10.2 Å². The summed E-state index contributed by atoms with van der Waals surface area (Å²) in [5.74, 6) is 0.278. The quantitative estimate of drug-likeness (QED) is 0.445. The minimum atomic E-state index is -0.646. The smallest absolute Gasteiger partial charge is 0.311 e. The van der Waals surface area contributed by atoms with Gasteiger partial charge >= 0.3 is 5.97 Å². The van der Waals surface area contributed by atoms with E-state index in [-0.39, 0.29) is 18.3 Å². The summed E-state index contributed by atoms with van der Waals surface area (Å²) in [5, 5.41) is 12.6. The summed E-state index contributed by atoms with van der Waals surface area (Å²) in [6.45, 7) is 5.55. The first-order valence-corrected chi connectivity index (χ1v) is 9.71. The van der Waals surface area contributed by atoms with Crippen LogP contribution in [0.4, 0.5) is 0 Å². The highest BCUT2D eigenvalue weighted by molar-refractivity contribution is 5.73. The molecule has 0 unspecified atom stereocenters. The number of aryl methyl sites for hydroxylation is 1. The molecule has 0 amide bonds. The zero-order chi connectivity index (χ0) is 21.1. The van der Waals surface area contributed by atoms with Crippen molar-refractivity contribution in [3.05, 3.63) is 83.5 Å². The van der Waals surface area contributed by atoms with Gasteiger partial charge in [0.15, 0.2) is 6.10 Å². The van der Waals surface area contributed by atoms with Crippen LogP contribution < -0.4 is 0 Å². The molecule has 0 aliphatic rings. The molecule has 2 heterocycles. The first kappa shape index (κ1) is 19.6. The van der Waals surface area contributed by atoms with E-state index < -0.39 is 6.10 Å². The van der Waals surface area contributed by atoms with Crippen LogP contribution in [0.3, 0.4) is 0 Å². The molecule has 1 atom stereocenters. The second-order valence-electron chi connectivity index (χ2n) is 7.02. The Hall–Kier alpha value is -3.74. The predicted octanol–water partition coefficient (Wildman–Crippen LogP) is 4.39. The normalized spacial score (nSPS) is 12.0. The lowest BCUT2D eigenvalue weighted by Gasteiger charge is -2.10. The summed E-state index contributed by atoms with van der Waals surface area (Å²) < 4.78 is 13.1. The summed E-state index contributed by atoms with van der Waals surface area (Å²) in [7, 11) is 0. The van der Waals surface area contributed by atoms with E-state index in [0.717, 1.165) is 28.2 Å². The summed E-state index contributed by atoms with van der Waals surface area (Å²) in [6.07, 6.45) is -0.527. The van der Waals surface area contributed by atoms with Crippen LogP contribution in [0.1, 0.15) is 35.9 Å². The molecule has 30 heavy (non-hydrogen) atoms.